The quantitative estimate of drug-likeness (QED) is 0.799. The predicted molar refractivity (Wildman–Crippen MR) is 96.1 cm³/mol. The van der Waals surface area contributed by atoms with Gasteiger partial charge in [-0.1, -0.05) is 27.5 Å². The van der Waals surface area contributed by atoms with Crippen LogP contribution in [0.2, 0.25) is 5.02 Å². The second kappa shape index (κ2) is 8.00. The van der Waals surface area contributed by atoms with Gasteiger partial charge in [0.05, 0.1) is 10.6 Å². The molecule has 1 aromatic carbocycles. The molecule has 2 saturated heterocycles. The van der Waals surface area contributed by atoms with E-state index in [0.717, 1.165) is 42.9 Å². The van der Waals surface area contributed by atoms with Gasteiger partial charge in [0.1, 0.15) is 0 Å². The molecule has 22 heavy (non-hydrogen) atoms. The molecule has 6 heteroatoms. The summed E-state index contributed by atoms with van der Waals surface area (Å²) in [7, 11) is 0. The van der Waals surface area contributed by atoms with Crippen LogP contribution in [0.25, 0.3) is 0 Å². The molecule has 3 rings (SSSR count). The molecule has 1 amide bonds. The van der Waals surface area contributed by atoms with Crippen LogP contribution in [-0.2, 0) is 0 Å². The number of rotatable bonds is 2. The van der Waals surface area contributed by atoms with Crippen LogP contribution in [0.4, 0.5) is 0 Å². The van der Waals surface area contributed by atoms with Crippen molar-refractivity contribution in [3.8, 4) is 0 Å². The Morgan fingerprint density at radius 2 is 2.00 bits per heavy atom. The zero-order chi connectivity index (χ0) is 14.8. The van der Waals surface area contributed by atoms with Crippen molar-refractivity contribution in [2.45, 2.75) is 31.7 Å². The normalized spacial score (nSPS) is 22.5. The maximum Gasteiger partial charge on any atom is 0.255 e. The Bertz CT molecular complexity index is 527. The third kappa shape index (κ3) is 3.97. The summed E-state index contributed by atoms with van der Waals surface area (Å²) in [4.78, 5) is 14.5. The highest BCUT2D eigenvalue weighted by molar-refractivity contribution is 9.10. The van der Waals surface area contributed by atoms with Crippen LogP contribution in [0.15, 0.2) is 22.7 Å². The smallest absolute Gasteiger partial charge is 0.255 e. The molecule has 2 heterocycles. The molecule has 0 aromatic heterocycles. The lowest BCUT2D eigenvalue weighted by atomic mass is 9.88. The van der Waals surface area contributed by atoms with Crippen LogP contribution < -0.4 is 5.32 Å². The predicted octanol–water partition coefficient (Wildman–Crippen LogP) is 4.13. The molecule has 122 valence electrons. The molecule has 0 aliphatic carbocycles. The number of hydrogen-bond acceptors (Lipinski definition) is 2. The number of amides is 1. The molecule has 1 N–H and O–H groups in total. The van der Waals surface area contributed by atoms with E-state index in [0.29, 0.717) is 16.6 Å². The lowest BCUT2D eigenvalue weighted by Gasteiger charge is -2.35. The maximum atomic E-state index is 12.6. The first-order valence-electron chi connectivity index (χ1n) is 7.63. The number of likely N-dealkylation sites (tertiary alicyclic amines) is 1. The first-order valence-corrected chi connectivity index (χ1v) is 8.80. The molecule has 2 fully saturated rings. The Kier molecular flexibility index (Phi) is 6.57. The SMILES string of the molecule is Cl.O=C(c1cc(Br)ccc1Cl)N1CCC(C2CCCN2)CC1. The van der Waals surface area contributed by atoms with Crippen molar-refractivity contribution < 1.29 is 4.79 Å². The number of carbonyl (C=O) groups is 1. The molecule has 3 nitrogen and oxygen atoms in total. The van der Waals surface area contributed by atoms with E-state index in [-0.39, 0.29) is 18.3 Å². The molecule has 0 radical (unpaired) electrons. The van der Waals surface area contributed by atoms with Gasteiger partial charge in [-0.2, -0.15) is 0 Å². The van der Waals surface area contributed by atoms with E-state index in [4.69, 9.17) is 11.6 Å². The Balaban J connectivity index is 0.00000176. The second-order valence-electron chi connectivity index (χ2n) is 5.96. The summed E-state index contributed by atoms with van der Waals surface area (Å²) >= 11 is 9.57. The summed E-state index contributed by atoms with van der Waals surface area (Å²) in [6.45, 7) is 2.83. The Morgan fingerprint density at radius 1 is 1.27 bits per heavy atom. The van der Waals surface area contributed by atoms with Crippen molar-refractivity contribution in [3.05, 3.63) is 33.3 Å². The molecule has 1 unspecified atom stereocenters. The first kappa shape index (κ1) is 18.1. The molecule has 2 aliphatic rings. The fourth-order valence-electron chi connectivity index (χ4n) is 3.45. The topological polar surface area (TPSA) is 32.3 Å². The van der Waals surface area contributed by atoms with E-state index in [2.05, 4.69) is 21.2 Å². The molecular formula is C16H21BrCl2N2O. The van der Waals surface area contributed by atoms with Gasteiger partial charge in [-0.25, -0.2) is 0 Å². The Hall–Kier alpha value is -0.290. The van der Waals surface area contributed by atoms with Gasteiger partial charge in [0.2, 0.25) is 0 Å². The third-order valence-electron chi connectivity index (χ3n) is 4.65. The van der Waals surface area contributed by atoms with Crippen molar-refractivity contribution in [2.75, 3.05) is 19.6 Å². The first-order chi connectivity index (χ1) is 10.1. The van der Waals surface area contributed by atoms with Crippen LogP contribution >= 0.6 is 39.9 Å². The number of nitrogens with zero attached hydrogens (tertiary/aromatic N) is 1. The maximum absolute atomic E-state index is 12.6. The van der Waals surface area contributed by atoms with Crippen LogP contribution in [0.1, 0.15) is 36.0 Å². The zero-order valence-electron chi connectivity index (χ0n) is 12.4. The van der Waals surface area contributed by atoms with Crippen molar-refractivity contribution in [2.24, 2.45) is 5.92 Å². The molecule has 1 atom stereocenters. The Labute approximate surface area is 151 Å². The number of nitrogens with one attached hydrogen (secondary N) is 1. The van der Waals surface area contributed by atoms with Crippen molar-refractivity contribution in [1.82, 2.24) is 10.2 Å². The van der Waals surface area contributed by atoms with Gasteiger partial charge in [0.15, 0.2) is 0 Å². The Morgan fingerprint density at radius 3 is 2.64 bits per heavy atom. The summed E-state index contributed by atoms with van der Waals surface area (Å²) in [5.74, 6) is 0.772. The molecule has 2 aliphatic heterocycles. The van der Waals surface area contributed by atoms with E-state index < -0.39 is 0 Å². The number of halogens is 3. The van der Waals surface area contributed by atoms with Gasteiger partial charge >= 0.3 is 0 Å². The average molecular weight is 408 g/mol. The van der Waals surface area contributed by atoms with Crippen molar-refractivity contribution >= 4 is 45.8 Å². The fraction of sp³-hybridized carbons (Fsp3) is 0.562. The lowest BCUT2D eigenvalue weighted by molar-refractivity contribution is 0.0674. The third-order valence-corrected chi connectivity index (χ3v) is 5.48. The summed E-state index contributed by atoms with van der Waals surface area (Å²) in [6.07, 6.45) is 4.76. The van der Waals surface area contributed by atoms with Gasteiger partial charge < -0.3 is 10.2 Å². The van der Waals surface area contributed by atoms with E-state index in [1.807, 2.05) is 17.0 Å². The molecular weight excluding hydrogens is 387 g/mol. The van der Waals surface area contributed by atoms with Crippen molar-refractivity contribution in [3.63, 3.8) is 0 Å². The van der Waals surface area contributed by atoms with Crippen LogP contribution in [0, 0.1) is 5.92 Å². The van der Waals surface area contributed by atoms with Gasteiger partial charge in [0.25, 0.3) is 5.91 Å². The highest BCUT2D eigenvalue weighted by atomic mass is 79.9. The molecule has 0 saturated carbocycles. The van der Waals surface area contributed by atoms with Crippen LogP contribution in [-0.4, -0.2) is 36.5 Å². The van der Waals surface area contributed by atoms with E-state index in [9.17, 15) is 4.79 Å². The number of benzene rings is 1. The molecule has 0 spiro atoms. The lowest BCUT2D eigenvalue weighted by Crippen LogP contribution is -2.43. The minimum atomic E-state index is 0. The fourth-order valence-corrected chi connectivity index (χ4v) is 4.01. The molecule has 1 aromatic rings. The number of piperidine rings is 1. The largest absolute Gasteiger partial charge is 0.339 e. The van der Waals surface area contributed by atoms with E-state index >= 15 is 0 Å². The molecule has 0 bridgehead atoms. The zero-order valence-corrected chi connectivity index (χ0v) is 15.5. The average Bonchev–Trinajstić information content (AvgIpc) is 3.03. The minimum absolute atomic E-state index is 0. The van der Waals surface area contributed by atoms with E-state index in [1.54, 1.807) is 6.07 Å². The van der Waals surface area contributed by atoms with Gasteiger partial charge in [-0.15, -0.1) is 12.4 Å². The summed E-state index contributed by atoms with van der Waals surface area (Å²) in [6, 6.07) is 6.11. The van der Waals surface area contributed by atoms with Crippen molar-refractivity contribution in [1.29, 1.82) is 0 Å². The summed E-state index contributed by atoms with van der Waals surface area (Å²) in [5.41, 5.74) is 0.600. The van der Waals surface area contributed by atoms with Gasteiger partial charge in [0, 0.05) is 23.6 Å². The number of hydrogen-bond donors (Lipinski definition) is 1. The number of carbonyl (C=O) groups excluding carboxylic acids is 1. The monoisotopic (exact) mass is 406 g/mol. The highest BCUT2D eigenvalue weighted by Crippen LogP contribution is 2.28. The van der Waals surface area contributed by atoms with Gasteiger partial charge in [-0.3, -0.25) is 4.79 Å². The van der Waals surface area contributed by atoms with E-state index in [1.165, 1.54) is 12.8 Å². The summed E-state index contributed by atoms with van der Waals surface area (Å²) in [5, 5.41) is 4.12. The van der Waals surface area contributed by atoms with Gasteiger partial charge in [-0.05, 0) is 56.3 Å². The highest BCUT2D eigenvalue weighted by Gasteiger charge is 2.30. The summed E-state index contributed by atoms with van der Waals surface area (Å²) < 4.78 is 0.889. The standard InChI is InChI=1S/C16H20BrClN2O.ClH/c17-12-3-4-14(18)13(10-12)16(21)20-8-5-11(6-9-20)15-2-1-7-19-15;/h3-4,10-11,15,19H,1-2,5-9H2;1H. The second-order valence-corrected chi connectivity index (χ2v) is 7.28. The van der Waals surface area contributed by atoms with Crippen LogP contribution in [0.3, 0.4) is 0 Å². The minimum Gasteiger partial charge on any atom is -0.339 e. The van der Waals surface area contributed by atoms with Crippen LogP contribution in [0.5, 0.6) is 0 Å².